The third-order valence-electron chi connectivity index (χ3n) is 4.25. The molecule has 0 heterocycles. The standard InChI is InChI=1S/C15H16Cl2O/c1-18-15-5-4-10(8-15)6-12(9-15)11-2-3-13(16)14(17)7-11/h2-3,7,9-10H,4-6,8H2,1H3. The molecule has 2 atom stereocenters. The van der Waals surface area contributed by atoms with Crippen molar-refractivity contribution in [2.45, 2.75) is 31.3 Å². The van der Waals surface area contributed by atoms with Crippen molar-refractivity contribution in [3.05, 3.63) is 39.9 Å². The zero-order valence-electron chi connectivity index (χ0n) is 10.4. The van der Waals surface area contributed by atoms with E-state index in [2.05, 4.69) is 6.08 Å². The number of ether oxygens (including phenoxy) is 1. The van der Waals surface area contributed by atoms with Crippen molar-refractivity contribution in [3.8, 4) is 0 Å². The molecule has 0 radical (unpaired) electrons. The van der Waals surface area contributed by atoms with Gasteiger partial charge in [0.25, 0.3) is 0 Å². The predicted octanol–water partition coefficient (Wildman–Crippen LogP) is 4.97. The van der Waals surface area contributed by atoms with Crippen molar-refractivity contribution in [2.24, 2.45) is 5.92 Å². The van der Waals surface area contributed by atoms with Crippen LogP contribution in [-0.4, -0.2) is 12.7 Å². The molecule has 96 valence electrons. The van der Waals surface area contributed by atoms with Crippen LogP contribution >= 0.6 is 23.2 Å². The average Bonchev–Trinajstić information content (AvgIpc) is 2.69. The Kier molecular flexibility index (Phi) is 3.17. The van der Waals surface area contributed by atoms with Gasteiger partial charge in [-0.15, -0.1) is 0 Å². The molecule has 1 nitrogen and oxygen atoms in total. The molecule has 1 saturated carbocycles. The van der Waals surface area contributed by atoms with Crippen molar-refractivity contribution < 1.29 is 4.74 Å². The number of benzene rings is 1. The second-order valence-corrected chi connectivity index (χ2v) is 6.19. The largest absolute Gasteiger partial charge is 0.374 e. The number of halogens is 2. The summed E-state index contributed by atoms with van der Waals surface area (Å²) in [4.78, 5) is 0. The van der Waals surface area contributed by atoms with Crippen molar-refractivity contribution in [2.75, 3.05) is 7.11 Å². The first-order valence-electron chi connectivity index (χ1n) is 6.34. The summed E-state index contributed by atoms with van der Waals surface area (Å²) in [5.74, 6) is 0.749. The zero-order valence-corrected chi connectivity index (χ0v) is 11.9. The van der Waals surface area contributed by atoms with Gasteiger partial charge in [0.15, 0.2) is 0 Å². The summed E-state index contributed by atoms with van der Waals surface area (Å²) in [5, 5.41) is 1.24. The van der Waals surface area contributed by atoms with E-state index in [0.717, 1.165) is 25.2 Å². The van der Waals surface area contributed by atoms with Crippen LogP contribution in [-0.2, 0) is 4.74 Å². The van der Waals surface area contributed by atoms with Crippen molar-refractivity contribution in [3.63, 3.8) is 0 Å². The van der Waals surface area contributed by atoms with Gasteiger partial charge in [0.1, 0.15) is 0 Å². The Labute approximate surface area is 118 Å². The maximum absolute atomic E-state index is 6.10. The fourth-order valence-electron chi connectivity index (χ4n) is 3.28. The summed E-state index contributed by atoms with van der Waals surface area (Å²) in [5.41, 5.74) is 2.49. The van der Waals surface area contributed by atoms with Crippen LogP contribution < -0.4 is 0 Å². The number of allylic oxidation sites excluding steroid dienone is 1. The third-order valence-corrected chi connectivity index (χ3v) is 4.99. The molecule has 0 aromatic heterocycles. The smallest absolute Gasteiger partial charge is 0.0867 e. The van der Waals surface area contributed by atoms with Crippen molar-refractivity contribution in [1.82, 2.24) is 0 Å². The van der Waals surface area contributed by atoms with Crippen molar-refractivity contribution in [1.29, 1.82) is 0 Å². The van der Waals surface area contributed by atoms with Crippen molar-refractivity contribution >= 4 is 28.8 Å². The average molecular weight is 283 g/mol. The number of methoxy groups -OCH3 is 1. The van der Waals surface area contributed by atoms with E-state index in [0.29, 0.717) is 10.0 Å². The van der Waals surface area contributed by atoms with Gasteiger partial charge in [0, 0.05) is 7.11 Å². The SMILES string of the molecule is COC12C=C(c3ccc(Cl)c(Cl)c3)CC(CC1)C2. The van der Waals surface area contributed by atoms with Crippen LogP contribution in [0.5, 0.6) is 0 Å². The van der Waals surface area contributed by atoms with Gasteiger partial charge in [0.05, 0.1) is 15.6 Å². The van der Waals surface area contributed by atoms with E-state index < -0.39 is 0 Å². The summed E-state index contributed by atoms with van der Waals surface area (Å²) in [7, 11) is 1.82. The minimum atomic E-state index is -0.0373. The lowest BCUT2D eigenvalue weighted by molar-refractivity contribution is 0.0332. The number of fused-ring (bicyclic) bond motifs is 2. The molecule has 0 N–H and O–H groups in total. The number of hydrogen-bond donors (Lipinski definition) is 0. The first-order chi connectivity index (χ1) is 8.62. The third kappa shape index (κ3) is 2.09. The normalized spacial score (nSPS) is 30.4. The first kappa shape index (κ1) is 12.5. The molecule has 3 rings (SSSR count). The first-order valence-corrected chi connectivity index (χ1v) is 7.10. The molecule has 3 heteroatoms. The van der Waals surface area contributed by atoms with Crippen LogP contribution in [0.1, 0.15) is 31.2 Å². The lowest BCUT2D eigenvalue weighted by Gasteiger charge is -2.30. The predicted molar refractivity (Wildman–Crippen MR) is 76.1 cm³/mol. The summed E-state index contributed by atoms with van der Waals surface area (Å²) in [6, 6.07) is 5.88. The molecule has 0 amide bonds. The quantitative estimate of drug-likeness (QED) is 0.745. The van der Waals surface area contributed by atoms with Gasteiger partial charge in [-0.2, -0.15) is 0 Å². The molecule has 1 aromatic rings. The van der Waals surface area contributed by atoms with Crippen LogP contribution in [0.4, 0.5) is 0 Å². The molecule has 0 saturated heterocycles. The van der Waals surface area contributed by atoms with Crippen LogP contribution in [0.3, 0.4) is 0 Å². The van der Waals surface area contributed by atoms with Gasteiger partial charge in [-0.1, -0.05) is 29.3 Å². The summed E-state index contributed by atoms with van der Waals surface area (Å²) in [6.45, 7) is 0. The Morgan fingerprint density at radius 3 is 2.83 bits per heavy atom. The van der Waals surface area contributed by atoms with E-state index in [4.69, 9.17) is 27.9 Å². The fraction of sp³-hybridized carbons (Fsp3) is 0.467. The Bertz CT molecular complexity index is 509. The highest BCUT2D eigenvalue weighted by molar-refractivity contribution is 6.42. The number of rotatable bonds is 2. The van der Waals surface area contributed by atoms with Gasteiger partial charge in [-0.05, 0) is 60.9 Å². The van der Waals surface area contributed by atoms with Crippen LogP contribution in [0.15, 0.2) is 24.3 Å². The molecule has 1 aromatic carbocycles. The molecule has 2 aliphatic rings. The summed E-state index contributed by atoms with van der Waals surface area (Å²) in [6.07, 6.45) is 6.99. The van der Waals surface area contributed by atoms with E-state index in [1.165, 1.54) is 17.6 Å². The summed E-state index contributed by atoms with van der Waals surface area (Å²) >= 11 is 12.1. The molecule has 2 unspecified atom stereocenters. The lowest BCUT2D eigenvalue weighted by atomic mass is 9.84. The molecule has 0 spiro atoms. The summed E-state index contributed by atoms with van der Waals surface area (Å²) < 4.78 is 5.74. The zero-order chi connectivity index (χ0) is 12.8. The van der Waals surface area contributed by atoms with Crippen LogP contribution in [0.25, 0.3) is 5.57 Å². The highest BCUT2D eigenvalue weighted by atomic mass is 35.5. The van der Waals surface area contributed by atoms with E-state index in [9.17, 15) is 0 Å². The molecule has 2 aliphatic carbocycles. The van der Waals surface area contributed by atoms with Crippen LogP contribution in [0, 0.1) is 5.92 Å². The minimum Gasteiger partial charge on any atom is -0.374 e. The highest BCUT2D eigenvalue weighted by Gasteiger charge is 2.41. The van der Waals surface area contributed by atoms with Gasteiger partial charge in [-0.3, -0.25) is 0 Å². The lowest BCUT2D eigenvalue weighted by Crippen LogP contribution is -2.27. The van der Waals surface area contributed by atoms with E-state index >= 15 is 0 Å². The Hall–Kier alpha value is -0.500. The topological polar surface area (TPSA) is 9.23 Å². The Morgan fingerprint density at radius 2 is 2.11 bits per heavy atom. The maximum atomic E-state index is 6.10. The maximum Gasteiger partial charge on any atom is 0.0867 e. The monoisotopic (exact) mass is 282 g/mol. The molecular formula is C15H16Cl2O. The second kappa shape index (κ2) is 4.56. The molecule has 18 heavy (non-hydrogen) atoms. The Balaban J connectivity index is 1.99. The highest BCUT2D eigenvalue weighted by Crippen LogP contribution is 2.48. The van der Waals surface area contributed by atoms with E-state index in [1.807, 2.05) is 25.3 Å². The van der Waals surface area contributed by atoms with Gasteiger partial charge in [-0.25, -0.2) is 0 Å². The fourth-order valence-corrected chi connectivity index (χ4v) is 3.57. The second-order valence-electron chi connectivity index (χ2n) is 5.38. The van der Waals surface area contributed by atoms with E-state index in [1.54, 1.807) is 0 Å². The van der Waals surface area contributed by atoms with Gasteiger partial charge in [0.2, 0.25) is 0 Å². The Morgan fingerprint density at radius 1 is 1.28 bits per heavy atom. The molecule has 0 aliphatic heterocycles. The molecule has 2 bridgehead atoms. The van der Waals surface area contributed by atoms with Gasteiger partial charge >= 0.3 is 0 Å². The van der Waals surface area contributed by atoms with Crippen LogP contribution in [0.2, 0.25) is 10.0 Å². The minimum absolute atomic E-state index is 0.0373. The molecular weight excluding hydrogens is 267 g/mol. The number of hydrogen-bond acceptors (Lipinski definition) is 1. The molecule has 1 fully saturated rings. The van der Waals surface area contributed by atoms with E-state index in [-0.39, 0.29) is 5.60 Å². The van der Waals surface area contributed by atoms with Gasteiger partial charge < -0.3 is 4.74 Å².